The summed E-state index contributed by atoms with van der Waals surface area (Å²) in [6.45, 7) is 7.46. The molecular formula is C22H25FN4O2. The number of rotatable bonds is 8. The van der Waals surface area contributed by atoms with Crippen LogP contribution in [-0.4, -0.2) is 40.1 Å². The predicted octanol–water partition coefficient (Wildman–Crippen LogP) is 4.68. The molecule has 0 saturated heterocycles. The molecule has 0 fully saturated rings. The molecule has 0 spiro atoms. The summed E-state index contributed by atoms with van der Waals surface area (Å²) in [6.07, 6.45) is 0.0190. The van der Waals surface area contributed by atoms with Gasteiger partial charge in [-0.2, -0.15) is 0 Å². The Morgan fingerprint density at radius 3 is 2.48 bits per heavy atom. The van der Waals surface area contributed by atoms with E-state index in [0.717, 1.165) is 30.5 Å². The smallest absolute Gasteiger partial charge is 0.269 e. The number of halogens is 1. The lowest BCUT2D eigenvalue weighted by Gasteiger charge is -2.18. The topological polar surface area (TPSA) is 70.2 Å². The Labute approximate surface area is 169 Å². The standard InChI is InChI=1S/C22H25FN4O2/c1-3-26(4-2)13-14-27-19-8-6-5-7-18(19)21(22(27)29)25-24-20(28)15-16-9-11-17(23)12-10-16/h5-12,29H,3-4,13-15H2,1-2H3. The first-order valence-corrected chi connectivity index (χ1v) is 9.75. The number of hydrogen-bond donors (Lipinski definition) is 1. The number of fused-ring (bicyclic) bond motifs is 1. The minimum Gasteiger partial charge on any atom is -0.493 e. The zero-order chi connectivity index (χ0) is 20.8. The number of likely N-dealkylation sites (N-methyl/N-ethyl adjacent to an activating group) is 1. The quantitative estimate of drug-likeness (QED) is 0.562. The Kier molecular flexibility index (Phi) is 6.72. The molecule has 1 amide bonds. The number of benzene rings is 2. The second-order valence-electron chi connectivity index (χ2n) is 6.76. The molecule has 0 aliphatic rings. The maximum atomic E-state index is 13.0. The van der Waals surface area contributed by atoms with Crippen molar-refractivity contribution in [3.8, 4) is 5.88 Å². The van der Waals surface area contributed by atoms with Gasteiger partial charge in [-0.3, -0.25) is 4.79 Å². The summed E-state index contributed by atoms with van der Waals surface area (Å²) >= 11 is 0. The lowest BCUT2D eigenvalue weighted by Crippen LogP contribution is -2.26. The number of nitrogens with zero attached hydrogens (tertiary/aromatic N) is 4. The predicted molar refractivity (Wildman–Crippen MR) is 111 cm³/mol. The molecule has 1 aromatic heterocycles. The van der Waals surface area contributed by atoms with E-state index in [9.17, 15) is 14.3 Å². The number of hydrogen-bond acceptors (Lipinski definition) is 4. The summed E-state index contributed by atoms with van der Waals surface area (Å²) in [5, 5.41) is 19.3. The molecular weight excluding hydrogens is 371 g/mol. The number of amides is 1. The molecule has 0 unspecified atom stereocenters. The van der Waals surface area contributed by atoms with E-state index >= 15 is 0 Å². The maximum absolute atomic E-state index is 13.0. The molecule has 29 heavy (non-hydrogen) atoms. The maximum Gasteiger partial charge on any atom is 0.269 e. The fourth-order valence-corrected chi connectivity index (χ4v) is 3.30. The normalized spacial score (nSPS) is 11.7. The molecule has 0 radical (unpaired) electrons. The lowest BCUT2D eigenvalue weighted by molar-refractivity contribution is -0.117. The van der Waals surface area contributed by atoms with Crippen LogP contribution in [0.5, 0.6) is 5.88 Å². The van der Waals surface area contributed by atoms with Crippen LogP contribution in [0.4, 0.5) is 10.1 Å². The molecule has 152 valence electrons. The van der Waals surface area contributed by atoms with Gasteiger partial charge in [-0.25, -0.2) is 4.39 Å². The van der Waals surface area contributed by atoms with Crippen molar-refractivity contribution in [1.82, 2.24) is 9.47 Å². The van der Waals surface area contributed by atoms with E-state index in [0.29, 0.717) is 12.1 Å². The van der Waals surface area contributed by atoms with Crippen molar-refractivity contribution >= 4 is 22.5 Å². The number of para-hydroxylation sites is 1. The molecule has 0 aliphatic heterocycles. The molecule has 0 aliphatic carbocycles. The van der Waals surface area contributed by atoms with E-state index in [1.165, 1.54) is 12.1 Å². The average Bonchev–Trinajstić information content (AvgIpc) is 3.00. The highest BCUT2D eigenvalue weighted by atomic mass is 19.1. The Morgan fingerprint density at radius 2 is 1.79 bits per heavy atom. The Hall–Kier alpha value is -3.06. The highest BCUT2D eigenvalue weighted by Gasteiger charge is 2.17. The number of carbonyl (C=O) groups excluding carboxylic acids is 1. The van der Waals surface area contributed by atoms with E-state index in [1.807, 2.05) is 24.3 Å². The largest absolute Gasteiger partial charge is 0.493 e. The third-order valence-electron chi connectivity index (χ3n) is 4.98. The fourth-order valence-electron chi connectivity index (χ4n) is 3.30. The second-order valence-corrected chi connectivity index (χ2v) is 6.76. The van der Waals surface area contributed by atoms with Gasteiger partial charge in [0.2, 0.25) is 5.88 Å². The summed E-state index contributed by atoms with van der Waals surface area (Å²) < 4.78 is 14.8. The molecule has 7 heteroatoms. The van der Waals surface area contributed by atoms with Crippen LogP contribution in [0.1, 0.15) is 19.4 Å². The lowest BCUT2D eigenvalue weighted by atomic mass is 10.1. The van der Waals surface area contributed by atoms with Crippen LogP contribution in [0.15, 0.2) is 58.8 Å². The number of aromatic nitrogens is 1. The average molecular weight is 396 g/mol. The Bertz CT molecular complexity index is 1010. The first-order valence-electron chi connectivity index (χ1n) is 9.75. The number of carbonyl (C=O) groups is 1. The van der Waals surface area contributed by atoms with Gasteiger partial charge in [-0.05, 0) is 36.9 Å². The molecule has 0 atom stereocenters. The van der Waals surface area contributed by atoms with Gasteiger partial charge in [0.1, 0.15) is 5.82 Å². The van der Waals surface area contributed by atoms with Crippen LogP contribution in [0.2, 0.25) is 0 Å². The van der Waals surface area contributed by atoms with Gasteiger partial charge in [-0.15, -0.1) is 10.2 Å². The Balaban J connectivity index is 1.83. The molecule has 3 rings (SSSR count). The van der Waals surface area contributed by atoms with Crippen LogP contribution in [0, 0.1) is 5.82 Å². The monoisotopic (exact) mass is 396 g/mol. The van der Waals surface area contributed by atoms with E-state index in [4.69, 9.17) is 0 Å². The SMILES string of the molecule is CCN(CC)CCn1c(O)c(N=NC(=O)Cc2ccc(F)cc2)c2ccccc21. The van der Waals surface area contributed by atoms with E-state index < -0.39 is 5.91 Å². The highest BCUT2D eigenvalue weighted by Crippen LogP contribution is 2.38. The van der Waals surface area contributed by atoms with Crippen molar-refractivity contribution in [2.24, 2.45) is 10.2 Å². The summed E-state index contributed by atoms with van der Waals surface area (Å²) in [4.78, 5) is 14.4. The van der Waals surface area contributed by atoms with E-state index in [-0.39, 0.29) is 23.8 Å². The van der Waals surface area contributed by atoms with E-state index in [1.54, 1.807) is 16.7 Å². The summed E-state index contributed by atoms with van der Waals surface area (Å²) in [5.74, 6) is -0.821. The Morgan fingerprint density at radius 1 is 1.10 bits per heavy atom. The van der Waals surface area contributed by atoms with E-state index in [2.05, 4.69) is 29.0 Å². The van der Waals surface area contributed by atoms with Crippen LogP contribution in [0.3, 0.4) is 0 Å². The molecule has 0 saturated carbocycles. The second kappa shape index (κ2) is 9.43. The van der Waals surface area contributed by atoms with Crippen molar-refractivity contribution in [2.45, 2.75) is 26.8 Å². The summed E-state index contributed by atoms with van der Waals surface area (Å²) in [5.41, 5.74) is 1.78. The van der Waals surface area contributed by atoms with Crippen LogP contribution in [-0.2, 0) is 17.8 Å². The molecule has 6 nitrogen and oxygen atoms in total. The highest BCUT2D eigenvalue weighted by molar-refractivity contribution is 5.95. The van der Waals surface area contributed by atoms with Crippen molar-refractivity contribution in [1.29, 1.82) is 0 Å². The van der Waals surface area contributed by atoms with Crippen molar-refractivity contribution < 1.29 is 14.3 Å². The minimum atomic E-state index is -0.462. The first-order chi connectivity index (χ1) is 14.0. The number of aromatic hydroxyl groups is 1. The molecule has 1 N–H and O–H groups in total. The third kappa shape index (κ3) is 4.86. The number of azo groups is 1. The minimum absolute atomic E-state index is 0.00307. The molecule has 2 aromatic carbocycles. The van der Waals surface area contributed by atoms with Crippen molar-refractivity contribution in [3.05, 3.63) is 59.9 Å². The summed E-state index contributed by atoms with van der Waals surface area (Å²) in [6, 6.07) is 13.2. The van der Waals surface area contributed by atoms with Gasteiger partial charge in [0.25, 0.3) is 5.91 Å². The van der Waals surface area contributed by atoms with Gasteiger partial charge in [-0.1, -0.05) is 44.2 Å². The van der Waals surface area contributed by atoms with Gasteiger partial charge in [0, 0.05) is 18.5 Å². The zero-order valence-corrected chi connectivity index (χ0v) is 16.7. The van der Waals surface area contributed by atoms with Crippen molar-refractivity contribution in [3.63, 3.8) is 0 Å². The summed E-state index contributed by atoms with van der Waals surface area (Å²) in [7, 11) is 0. The van der Waals surface area contributed by atoms with Crippen LogP contribution < -0.4 is 0 Å². The van der Waals surface area contributed by atoms with Crippen LogP contribution >= 0.6 is 0 Å². The molecule has 0 bridgehead atoms. The first kappa shape index (κ1) is 20.7. The molecule has 3 aromatic rings. The zero-order valence-electron chi connectivity index (χ0n) is 16.7. The fraction of sp³-hybridized carbons (Fsp3) is 0.318. The van der Waals surface area contributed by atoms with Gasteiger partial charge in [0.15, 0.2) is 5.69 Å². The van der Waals surface area contributed by atoms with Gasteiger partial charge >= 0.3 is 0 Å². The third-order valence-corrected chi connectivity index (χ3v) is 4.98. The molecule has 1 heterocycles. The van der Waals surface area contributed by atoms with Crippen molar-refractivity contribution in [2.75, 3.05) is 19.6 Å². The van der Waals surface area contributed by atoms with Crippen LogP contribution in [0.25, 0.3) is 10.9 Å². The van der Waals surface area contributed by atoms with Gasteiger partial charge < -0.3 is 14.6 Å². The van der Waals surface area contributed by atoms with Gasteiger partial charge in [0.05, 0.1) is 11.9 Å².